The third-order valence-electron chi connectivity index (χ3n) is 5.03. The van der Waals surface area contributed by atoms with Gasteiger partial charge in [-0.3, -0.25) is 4.79 Å². The second kappa shape index (κ2) is 7.11. The summed E-state index contributed by atoms with van der Waals surface area (Å²) in [5, 5.41) is 5.98. The molecule has 0 unspecified atom stereocenters. The fraction of sp³-hybridized carbons (Fsp3) is 0.286. The van der Waals surface area contributed by atoms with Gasteiger partial charge in [0.15, 0.2) is 0 Å². The van der Waals surface area contributed by atoms with E-state index in [1.807, 2.05) is 36.4 Å². The Labute approximate surface area is 146 Å². The van der Waals surface area contributed by atoms with E-state index in [-0.39, 0.29) is 17.4 Å². The standard InChI is InChI=1S/C21H22N2O2/c24-21-19(20(25-23-21)17-11-13-22-14-12-17)18(15-7-3-1-4-8-15)16-9-5-2-6-10-16/h1-10,17-18,22H,11-14H2,(H,23,24). The Hall–Kier alpha value is -2.59. The lowest BCUT2D eigenvalue weighted by molar-refractivity contribution is 0.323. The number of hydrogen-bond donors (Lipinski definition) is 2. The van der Waals surface area contributed by atoms with Crippen LogP contribution in [0.3, 0.4) is 0 Å². The summed E-state index contributed by atoms with van der Waals surface area (Å²) in [6.45, 7) is 1.92. The first-order valence-electron chi connectivity index (χ1n) is 8.86. The zero-order valence-electron chi connectivity index (χ0n) is 14.1. The summed E-state index contributed by atoms with van der Waals surface area (Å²) in [6, 6.07) is 20.4. The van der Waals surface area contributed by atoms with Crippen molar-refractivity contribution >= 4 is 0 Å². The lowest BCUT2D eigenvalue weighted by atomic mass is 9.82. The minimum absolute atomic E-state index is 0.116. The van der Waals surface area contributed by atoms with Crippen LogP contribution in [0.1, 0.15) is 47.1 Å². The summed E-state index contributed by atoms with van der Waals surface area (Å²) in [7, 11) is 0. The van der Waals surface area contributed by atoms with Crippen LogP contribution in [0.15, 0.2) is 70.0 Å². The number of nitrogens with one attached hydrogen (secondary N) is 2. The first-order valence-corrected chi connectivity index (χ1v) is 8.86. The molecule has 2 N–H and O–H groups in total. The van der Waals surface area contributed by atoms with Gasteiger partial charge in [0, 0.05) is 11.8 Å². The van der Waals surface area contributed by atoms with Gasteiger partial charge >= 0.3 is 0 Å². The lowest BCUT2D eigenvalue weighted by Crippen LogP contribution is -2.27. The number of hydrogen-bond acceptors (Lipinski definition) is 3. The second-order valence-corrected chi connectivity index (χ2v) is 6.59. The lowest BCUT2D eigenvalue weighted by Gasteiger charge is -2.23. The van der Waals surface area contributed by atoms with Crippen molar-refractivity contribution in [2.75, 3.05) is 13.1 Å². The maximum atomic E-state index is 12.7. The molecule has 0 aliphatic carbocycles. The Kier molecular flexibility index (Phi) is 4.53. The highest BCUT2D eigenvalue weighted by molar-refractivity contribution is 5.44. The van der Waals surface area contributed by atoms with Crippen molar-refractivity contribution in [1.82, 2.24) is 10.5 Å². The predicted molar refractivity (Wildman–Crippen MR) is 98.0 cm³/mol. The average Bonchev–Trinajstić information content (AvgIpc) is 3.06. The first kappa shape index (κ1) is 15.9. The second-order valence-electron chi connectivity index (χ2n) is 6.59. The molecule has 0 saturated carbocycles. The molecular weight excluding hydrogens is 312 g/mol. The molecule has 0 spiro atoms. The molecule has 1 aromatic heterocycles. The highest BCUT2D eigenvalue weighted by Crippen LogP contribution is 2.36. The topological polar surface area (TPSA) is 58.0 Å². The smallest absolute Gasteiger partial charge is 0.284 e. The van der Waals surface area contributed by atoms with Gasteiger partial charge in [-0.25, -0.2) is 0 Å². The van der Waals surface area contributed by atoms with Crippen LogP contribution in [0.2, 0.25) is 0 Å². The van der Waals surface area contributed by atoms with Crippen molar-refractivity contribution in [3.63, 3.8) is 0 Å². The summed E-state index contributed by atoms with van der Waals surface area (Å²) in [5.74, 6) is 0.990. The molecular formula is C21H22N2O2. The molecule has 0 atom stereocenters. The van der Waals surface area contributed by atoms with Crippen LogP contribution in [-0.2, 0) is 0 Å². The third-order valence-corrected chi connectivity index (χ3v) is 5.03. The zero-order valence-corrected chi connectivity index (χ0v) is 14.1. The van der Waals surface area contributed by atoms with E-state index in [2.05, 4.69) is 34.7 Å². The average molecular weight is 334 g/mol. The Morgan fingerprint density at radius 1 is 0.880 bits per heavy atom. The van der Waals surface area contributed by atoms with Crippen LogP contribution in [0, 0.1) is 0 Å². The van der Waals surface area contributed by atoms with Gasteiger partial charge in [-0.2, -0.15) is 5.16 Å². The summed E-state index contributed by atoms with van der Waals surface area (Å²) in [6.07, 6.45) is 1.98. The van der Waals surface area contributed by atoms with Gasteiger partial charge in [-0.1, -0.05) is 60.7 Å². The molecule has 1 saturated heterocycles. The summed E-state index contributed by atoms with van der Waals surface area (Å²) in [5.41, 5.74) is 2.85. The number of piperidine rings is 1. The Balaban J connectivity index is 1.86. The van der Waals surface area contributed by atoms with Crippen LogP contribution in [0.5, 0.6) is 0 Å². The van der Waals surface area contributed by atoms with E-state index in [1.54, 1.807) is 0 Å². The van der Waals surface area contributed by atoms with Crippen molar-refractivity contribution in [3.05, 3.63) is 93.5 Å². The molecule has 0 amide bonds. The number of rotatable bonds is 4. The van der Waals surface area contributed by atoms with Gasteiger partial charge < -0.3 is 9.84 Å². The summed E-state index contributed by atoms with van der Waals surface area (Å²) >= 11 is 0. The van der Waals surface area contributed by atoms with E-state index in [4.69, 9.17) is 4.52 Å². The van der Waals surface area contributed by atoms with Crippen molar-refractivity contribution < 1.29 is 4.52 Å². The number of aromatic amines is 1. The fourth-order valence-corrected chi connectivity index (χ4v) is 3.80. The summed E-state index contributed by atoms with van der Waals surface area (Å²) < 4.78 is 5.69. The molecule has 4 rings (SSSR count). The molecule has 3 aromatic rings. The van der Waals surface area contributed by atoms with E-state index in [9.17, 15) is 4.79 Å². The Bertz CT molecular complexity index is 822. The van der Waals surface area contributed by atoms with Gasteiger partial charge in [0.1, 0.15) is 5.76 Å². The number of H-pyrrole nitrogens is 1. The third kappa shape index (κ3) is 3.17. The molecule has 4 nitrogen and oxygen atoms in total. The van der Waals surface area contributed by atoms with Crippen molar-refractivity contribution in [3.8, 4) is 0 Å². The fourth-order valence-electron chi connectivity index (χ4n) is 3.80. The van der Waals surface area contributed by atoms with Crippen LogP contribution in [0.25, 0.3) is 0 Å². The van der Waals surface area contributed by atoms with E-state index in [1.165, 1.54) is 0 Å². The SMILES string of the molecule is O=c1[nH]oc(C2CCNCC2)c1C(c1ccccc1)c1ccccc1. The maximum absolute atomic E-state index is 12.7. The van der Waals surface area contributed by atoms with Crippen LogP contribution >= 0.6 is 0 Å². The number of aromatic nitrogens is 1. The van der Waals surface area contributed by atoms with E-state index < -0.39 is 0 Å². The molecule has 0 bridgehead atoms. The van der Waals surface area contributed by atoms with Crippen LogP contribution in [-0.4, -0.2) is 18.2 Å². The van der Waals surface area contributed by atoms with Gasteiger partial charge in [-0.15, -0.1) is 0 Å². The molecule has 1 fully saturated rings. The largest absolute Gasteiger partial charge is 0.383 e. The Morgan fingerprint density at radius 2 is 1.44 bits per heavy atom. The molecule has 1 aliphatic heterocycles. The zero-order chi connectivity index (χ0) is 17.1. The highest BCUT2D eigenvalue weighted by Gasteiger charge is 2.30. The maximum Gasteiger partial charge on any atom is 0.284 e. The molecule has 4 heteroatoms. The van der Waals surface area contributed by atoms with Crippen molar-refractivity contribution in [2.45, 2.75) is 24.7 Å². The van der Waals surface area contributed by atoms with E-state index in [0.29, 0.717) is 0 Å². The van der Waals surface area contributed by atoms with Crippen LogP contribution < -0.4 is 10.9 Å². The molecule has 0 radical (unpaired) electrons. The van der Waals surface area contributed by atoms with Gasteiger partial charge in [-0.05, 0) is 37.1 Å². The van der Waals surface area contributed by atoms with Crippen molar-refractivity contribution in [1.29, 1.82) is 0 Å². The van der Waals surface area contributed by atoms with Gasteiger partial charge in [0.05, 0.1) is 5.56 Å². The Morgan fingerprint density at radius 3 is 2.00 bits per heavy atom. The molecule has 2 heterocycles. The molecule has 128 valence electrons. The molecule has 2 aromatic carbocycles. The van der Waals surface area contributed by atoms with E-state index >= 15 is 0 Å². The normalized spacial score (nSPS) is 15.6. The quantitative estimate of drug-likeness (QED) is 0.766. The van der Waals surface area contributed by atoms with Gasteiger partial charge in [0.25, 0.3) is 5.56 Å². The minimum Gasteiger partial charge on any atom is -0.383 e. The van der Waals surface area contributed by atoms with Crippen molar-refractivity contribution in [2.24, 2.45) is 0 Å². The summed E-state index contributed by atoms with van der Waals surface area (Å²) in [4.78, 5) is 12.7. The van der Waals surface area contributed by atoms with E-state index in [0.717, 1.165) is 48.4 Å². The van der Waals surface area contributed by atoms with Gasteiger partial charge in [0.2, 0.25) is 0 Å². The van der Waals surface area contributed by atoms with Crippen LogP contribution in [0.4, 0.5) is 0 Å². The minimum atomic E-state index is -0.119. The highest BCUT2D eigenvalue weighted by atomic mass is 16.5. The molecule has 25 heavy (non-hydrogen) atoms. The molecule has 1 aliphatic rings. The predicted octanol–water partition coefficient (Wildman–Crippen LogP) is 3.62. The number of benzene rings is 2. The monoisotopic (exact) mass is 334 g/mol. The first-order chi connectivity index (χ1) is 12.3.